The Morgan fingerprint density at radius 3 is 2.52 bits per heavy atom. The van der Waals surface area contributed by atoms with Crippen molar-refractivity contribution in [2.24, 2.45) is 0 Å². The maximum Gasteiger partial charge on any atom is 0.200 e. The predicted molar refractivity (Wildman–Crippen MR) is 104 cm³/mol. The number of aromatic hydroxyl groups is 1. The summed E-state index contributed by atoms with van der Waals surface area (Å²) in [5, 5.41) is 10.5. The summed E-state index contributed by atoms with van der Waals surface area (Å²) in [6.07, 6.45) is 2.53. The summed E-state index contributed by atoms with van der Waals surface area (Å²) in [5.41, 5.74) is 2.23. The van der Waals surface area contributed by atoms with Gasteiger partial charge in [-0.1, -0.05) is 13.0 Å². The average molecular weight is 366 g/mol. The van der Waals surface area contributed by atoms with Gasteiger partial charge in [0.2, 0.25) is 5.43 Å². The summed E-state index contributed by atoms with van der Waals surface area (Å²) in [6.45, 7) is 4.99. The van der Waals surface area contributed by atoms with Crippen LogP contribution in [0.25, 0.3) is 22.1 Å². The zero-order valence-corrected chi connectivity index (χ0v) is 15.5. The van der Waals surface area contributed by atoms with Crippen molar-refractivity contribution in [3.05, 3.63) is 51.9 Å². The Labute approximate surface area is 157 Å². The summed E-state index contributed by atoms with van der Waals surface area (Å²) >= 11 is 0. The number of benzene rings is 2. The number of aryl methyl sites for hydroxylation is 2. The summed E-state index contributed by atoms with van der Waals surface area (Å²) in [6, 6.07) is 8.77. The fraction of sp³-hybridized carbons (Fsp3) is 0.318. The fourth-order valence-corrected chi connectivity index (χ4v) is 3.47. The van der Waals surface area contributed by atoms with Crippen LogP contribution in [0.4, 0.5) is 0 Å². The van der Waals surface area contributed by atoms with Crippen molar-refractivity contribution in [1.29, 1.82) is 0 Å². The molecule has 5 heteroatoms. The number of phenolic OH excluding ortho intramolecular Hbond substituents is 1. The van der Waals surface area contributed by atoms with Gasteiger partial charge in [0, 0.05) is 6.07 Å². The number of fused-ring (bicyclic) bond motifs is 2. The lowest BCUT2D eigenvalue weighted by Gasteiger charge is -2.17. The van der Waals surface area contributed by atoms with Crippen molar-refractivity contribution in [3.63, 3.8) is 0 Å². The molecule has 2 aromatic carbocycles. The third-order valence-corrected chi connectivity index (χ3v) is 4.93. The maximum absolute atomic E-state index is 13.2. The Morgan fingerprint density at radius 2 is 1.78 bits per heavy atom. The van der Waals surface area contributed by atoms with E-state index in [4.69, 9.17) is 13.9 Å². The Balaban J connectivity index is 1.89. The molecule has 0 radical (unpaired) electrons. The minimum Gasteiger partial charge on any atom is -0.508 e. The third kappa shape index (κ3) is 3.14. The molecule has 1 aliphatic rings. The monoisotopic (exact) mass is 366 g/mol. The molecule has 140 valence electrons. The Hall–Kier alpha value is -2.95. The highest BCUT2D eigenvalue weighted by molar-refractivity contribution is 5.85. The number of phenols is 1. The highest BCUT2D eigenvalue weighted by atomic mass is 16.5. The molecule has 0 saturated carbocycles. The van der Waals surface area contributed by atoms with Crippen molar-refractivity contribution < 1.29 is 19.0 Å². The standard InChI is InChI=1S/C22H22O5/c1-3-14-10-16-19(12-17(14)23)27-13(2)21(22(16)24)15-6-7-18-20(11-15)26-9-5-4-8-25-18/h6-7,10-12,23H,3-5,8-9H2,1-2H3. The van der Waals surface area contributed by atoms with Crippen LogP contribution >= 0.6 is 0 Å². The van der Waals surface area contributed by atoms with E-state index in [1.807, 2.05) is 25.1 Å². The molecule has 27 heavy (non-hydrogen) atoms. The van der Waals surface area contributed by atoms with E-state index in [0.29, 0.717) is 53.4 Å². The molecule has 4 rings (SSSR count). The molecular formula is C22H22O5. The van der Waals surface area contributed by atoms with Crippen molar-refractivity contribution in [3.8, 4) is 28.4 Å². The Bertz CT molecular complexity index is 1060. The van der Waals surface area contributed by atoms with Crippen LogP contribution in [-0.2, 0) is 6.42 Å². The van der Waals surface area contributed by atoms with Crippen molar-refractivity contribution in [1.82, 2.24) is 0 Å². The molecule has 0 fully saturated rings. The molecule has 1 aromatic heterocycles. The lowest BCUT2D eigenvalue weighted by Crippen LogP contribution is -2.10. The van der Waals surface area contributed by atoms with Gasteiger partial charge < -0.3 is 19.0 Å². The molecule has 0 saturated heterocycles. The molecule has 1 N–H and O–H groups in total. The van der Waals surface area contributed by atoms with Gasteiger partial charge in [-0.25, -0.2) is 0 Å². The van der Waals surface area contributed by atoms with Gasteiger partial charge >= 0.3 is 0 Å². The Morgan fingerprint density at radius 1 is 1.04 bits per heavy atom. The second kappa shape index (κ2) is 6.99. The first-order valence-electron chi connectivity index (χ1n) is 9.27. The van der Waals surface area contributed by atoms with E-state index in [0.717, 1.165) is 24.0 Å². The van der Waals surface area contributed by atoms with Crippen LogP contribution in [-0.4, -0.2) is 18.3 Å². The zero-order chi connectivity index (χ0) is 19.0. The van der Waals surface area contributed by atoms with E-state index < -0.39 is 0 Å². The minimum absolute atomic E-state index is 0.116. The van der Waals surface area contributed by atoms with E-state index in [-0.39, 0.29) is 11.2 Å². The van der Waals surface area contributed by atoms with Crippen LogP contribution in [0.5, 0.6) is 17.2 Å². The maximum atomic E-state index is 13.2. The van der Waals surface area contributed by atoms with Crippen LogP contribution in [0.3, 0.4) is 0 Å². The summed E-state index contributed by atoms with van der Waals surface area (Å²) < 4.78 is 17.4. The molecule has 0 unspecified atom stereocenters. The van der Waals surface area contributed by atoms with Crippen molar-refractivity contribution in [2.45, 2.75) is 33.1 Å². The van der Waals surface area contributed by atoms with Crippen molar-refractivity contribution >= 4 is 11.0 Å². The largest absolute Gasteiger partial charge is 0.508 e. The summed E-state index contributed by atoms with van der Waals surface area (Å²) in [7, 11) is 0. The average Bonchev–Trinajstić information content (AvgIpc) is 2.62. The molecule has 0 aliphatic carbocycles. The first kappa shape index (κ1) is 17.5. The van der Waals surface area contributed by atoms with E-state index in [1.54, 1.807) is 13.0 Å². The first-order chi connectivity index (χ1) is 13.1. The third-order valence-electron chi connectivity index (χ3n) is 4.93. The minimum atomic E-state index is -0.116. The second-order valence-electron chi connectivity index (χ2n) is 6.76. The van der Waals surface area contributed by atoms with Crippen LogP contribution in [0.1, 0.15) is 31.1 Å². The molecule has 3 aromatic rings. The lowest BCUT2D eigenvalue weighted by molar-refractivity contribution is 0.223. The van der Waals surface area contributed by atoms with Crippen LogP contribution < -0.4 is 14.9 Å². The van der Waals surface area contributed by atoms with Crippen LogP contribution in [0, 0.1) is 6.92 Å². The van der Waals surface area contributed by atoms with Crippen molar-refractivity contribution in [2.75, 3.05) is 13.2 Å². The molecule has 5 nitrogen and oxygen atoms in total. The zero-order valence-electron chi connectivity index (χ0n) is 15.5. The number of hydrogen-bond donors (Lipinski definition) is 1. The van der Waals surface area contributed by atoms with Gasteiger partial charge in [0.05, 0.1) is 24.2 Å². The highest BCUT2D eigenvalue weighted by Crippen LogP contribution is 2.35. The van der Waals surface area contributed by atoms with Gasteiger partial charge in [0.1, 0.15) is 17.1 Å². The van der Waals surface area contributed by atoms with E-state index in [2.05, 4.69) is 0 Å². The van der Waals surface area contributed by atoms with Crippen LogP contribution in [0.15, 0.2) is 39.5 Å². The highest BCUT2D eigenvalue weighted by Gasteiger charge is 2.18. The quantitative estimate of drug-likeness (QED) is 0.718. The molecule has 0 atom stereocenters. The predicted octanol–water partition coefficient (Wildman–Crippen LogP) is 4.59. The normalized spacial score (nSPS) is 14.0. The SMILES string of the molecule is CCc1cc2c(=O)c(-c3ccc4c(c3)OCCCCO4)c(C)oc2cc1O. The molecular weight excluding hydrogens is 344 g/mol. The second-order valence-corrected chi connectivity index (χ2v) is 6.76. The molecule has 0 spiro atoms. The van der Waals surface area contributed by atoms with E-state index in [1.165, 1.54) is 6.07 Å². The topological polar surface area (TPSA) is 68.9 Å². The number of hydrogen-bond acceptors (Lipinski definition) is 5. The van der Waals surface area contributed by atoms with E-state index >= 15 is 0 Å². The van der Waals surface area contributed by atoms with Gasteiger partial charge in [-0.3, -0.25) is 4.79 Å². The smallest absolute Gasteiger partial charge is 0.200 e. The van der Waals surface area contributed by atoms with Gasteiger partial charge in [-0.05, 0) is 55.5 Å². The summed E-state index contributed by atoms with van der Waals surface area (Å²) in [5.74, 6) is 1.99. The molecule has 1 aliphatic heterocycles. The Kier molecular flexibility index (Phi) is 4.52. The number of ether oxygens (including phenoxy) is 2. The van der Waals surface area contributed by atoms with Gasteiger partial charge in [-0.15, -0.1) is 0 Å². The van der Waals surface area contributed by atoms with Crippen LogP contribution in [0.2, 0.25) is 0 Å². The molecule has 0 bridgehead atoms. The first-order valence-corrected chi connectivity index (χ1v) is 9.27. The molecule has 2 heterocycles. The van der Waals surface area contributed by atoms with Gasteiger partial charge in [-0.2, -0.15) is 0 Å². The van der Waals surface area contributed by atoms with Gasteiger partial charge in [0.25, 0.3) is 0 Å². The number of rotatable bonds is 2. The summed E-state index contributed by atoms with van der Waals surface area (Å²) in [4.78, 5) is 13.2. The van der Waals surface area contributed by atoms with Gasteiger partial charge in [0.15, 0.2) is 11.5 Å². The lowest BCUT2D eigenvalue weighted by atomic mass is 10.0. The fourth-order valence-electron chi connectivity index (χ4n) is 3.47. The molecule has 0 amide bonds. The van der Waals surface area contributed by atoms with E-state index in [9.17, 15) is 9.90 Å².